The Labute approximate surface area is 217 Å². The van der Waals surface area contributed by atoms with E-state index in [2.05, 4.69) is 20.0 Å². The predicted molar refractivity (Wildman–Crippen MR) is 146 cm³/mol. The van der Waals surface area contributed by atoms with E-state index in [0.717, 1.165) is 0 Å². The van der Waals surface area contributed by atoms with Gasteiger partial charge in [0.05, 0.1) is 11.0 Å². The lowest BCUT2D eigenvalue weighted by Crippen LogP contribution is -2.29. The molecule has 1 heterocycles. The molecule has 0 bridgehead atoms. The number of anilines is 4. The first-order valence-corrected chi connectivity index (χ1v) is 12.7. The standard InChI is InChI=1S/C27H27N5O4S/c1-18(33)25(35)16-17-32(19(2)34)21-14-12-20(13-15-21)28-26-27(30-24-11-7-6-10-23(24)29-26)31-37(36)22-8-4-3-5-9-22/h3-15,33,35H,16-17H2,1-2H3,(H,28,29)(H,30,31)/b25-18+. The largest absolute Gasteiger partial charge is 0.588 e. The summed E-state index contributed by atoms with van der Waals surface area (Å²) < 4.78 is 15.9. The third kappa shape index (κ3) is 6.49. The van der Waals surface area contributed by atoms with Crippen LogP contribution in [0.3, 0.4) is 0 Å². The fraction of sp³-hybridized carbons (Fsp3) is 0.148. The van der Waals surface area contributed by atoms with Crippen molar-refractivity contribution in [3.63, 3.8) is 0 Å². The number of amides is 1. The summed E-state index contributed by atoms with van der Waals surface area (Å²) in [6, 6.07) is 23.5. The number of allylic oxidation sites excluding steroid dienone is 1. The van der Waals surface area contributed by atoms with Crippen LogP contribution >= 0.6 is 0 Å². The van der Waals surface area contributed by atoms with E-state index in [4.69, 9.17) is 0 Å². The second kappa shape index (κ2) is 11.6. The molecule has 0 spiro atoms. The number of nitrogens with zero attached hydrogens (tertiary/aromatic N) is 3. The van der Waals surface area contributed by atoms with Gasteiger partial charge in [0.2, 0.25) is 11.7 Å². The number of carbonyl (C=O) groups excluding carboxylic acids is 1. The van der Waals surface area contributed by atoms with Gasteiger partial charge in [0.1, 0.15) is 22.9 Å². The van der Waals surface area contributed by atoms with Crippen LogP contribution in [0.4, 0.5) is 23.0 Å². The van der Waals surface area contributed by atoms with Gasteiger partial charge in [-0.25, -0.2) is 9.97 Å². The molecule has 1 aromatic heterocycles. The quantitative estimate of drug-likeness (QED) is 0.167. The van der Waals surface area contributed by atoms with Gasteiger partial charge in [0.25, 0.3) is 0 Å². The van der Waals surface area contributed by atoms with Gasteiger partial charge in [-0.2, -0.15) is 4.72 Å². The van der Waals surface area contributed by atoms with Crippen molar-refractivity contribution in [2.45, 2.75) is 25.2 Å². The first-order valence-electron chi connectivity index (χ1n) is 11.5. The van der Waals surface area contributed by atoms with Crippen LogP contribution in [0.5, 0.6) is 0 Å². The number of hydrogen-bond donors (Lipinski definition) is 4. The third-order valence-corrected chi connectivity index (χ3v) is 6.61. The third-order valence-electron chi connectivity index (χ3n) is 5.53. The first-order chi connectivity index (χ1) is 17.8. The average molecular weight is 518 g/mol. The normalized spacial score (nSPS) is 12.5. The highest BCUT2D eigenvalue weighted by Crippen LogP contribution is 2.28. The molecule has 0 saturated heterocycles. The summed E-state index contributed by atoms with van der Waals surface area (Å²) in [4.78, 5) is 23.6. The van der Waals surface area contributed by atoms with E-state index in [-0.39, 0.29) is 30.4 Å². The number of aliphatic hydroxyl groups is 2. The van der Waals surface area contributed by atoms with Gasteiger partial charge in [-0.3, -0.25) is 4.79 Å². The van der Waals surface area contributed by atoms with E-state index >= 15 is 0 Å². The molecule has 3 aromatic carbocycles. The molecular weight excluding hydrogens is 490 g/mol. The monoisotopic (exact) mass is 517 g/mol. The van der Waals surface area contributed by atoms with Crippen molar-refractivity contribution < 1.29 is 19.6 Å². The average Bonchev–Trinajstić information content (AvgIpc) is 2.90. The number of carbonyl (C=O) groups is 1. The molecule has 0 radical (unpaired) electrons. The van der Waals surface area contributed by atoms with Crippen LogP contribution in [-0.4, -0.2) is 37.2 Å². The summed E-state index contributed by atoms with van der Waals surface area (Å²) >= 11 is -1.55. The van der Waals surface area contributed by atoms with E-state index in [9.17, 15) is 19.6 Å². The lowest BCUT2D eigenvalue weighted by atomic mass is 10.2. The Morgan fingerprint density at radius 3 is 2.08 bits per heavy atom. The zero-order valence-electron chi connectivity index (χ0n) is 20.4. The van der Waals surface area contributed by atoms with Gasteiger partial charge in [-0.1, -0.05) is 30.3 Å². The number of fused-ring (bicyclic) bond motifs is 1. The Balaban J connectivity index is 1.58. The van der Waals surface area contributed by atoms with Crippen LogP contribution in [0, 0.1) is 0 Å². The second-order valence-corrected chi connectivity index (χ2v) is 9.43. The molecule has 0 aliphatic carbocycles. The van der Waals surface area contributed by atoms with Crippen molar-refractivity contribution in [3.8, 4) is 0 Å². The Morgan fingerprint density at radius 2 is 1.49 bits per heavy atom. The highest BCUT2D eigenvalue weighted by atomic mass is 32.2. The number of nitrogens with one attached hydrogen (secondary N) is 2. The minimum absolute atomic E-state index is 0.127. The summed E-state index contributed by atoms with van der Waals surface area (Å²) in [6.45, 7) is 3.04. The molecule has 9 nitrogen and oxygen atoms in total. The number of aliphatic hydroxyl groups excluding tert-OH is 2. The zero-order chi connectivity index (χ0) is 26.4. The van der Waals surface area contributed by atoms with E-state index in [1.165, 1.54) is 18.7 Å². The summed E-state index contributed by atoms with van der Waals surface area (Å²) in [6.07, 6.45) is 0.127. The number of para-hydroxylation sites is 2. The SMILES string of the molecule is CC(=O)N(CC/C(O)=C(/C)O)c1ccc(Nc2nc3ccccc3nc2N[S+]([O-])c2ccccc2)cc1. The maximum Gasteiger partial charge on any atom is 0.223 e. The summed E-state index contributed by atoms with van der Waals surface area (Å²) in [5.41, 5.74) is 2.64. The molecule has 4 N–H and O–H groups in total. The molecule has 0 fully saturated rings. The van der Waals surface area contributed by atoms with Crippen molar-refractivity contribution >= 4 is 51.3 Å². The van der Waals surface area contributed by atoms with Gasteiger partial charge in [0.15, 0.2) is 10.7 Å². The lowest BCUT2D eigenvalue weighted by Gasteiger charge is -2.21. The number of benzene rings is 3. The van der Waals surface area contributed by atoms with Gasteiger partial charge < -0.3 is 25.0 Å². The maximum atomic E-state index is 12.9. The highest BCUT2D eigenvalue weighted by molar-refractivity contribution is 7.92. The molecular formula is C27H27N5O4S. The lowest BCUT2D eigenvalue weighted by molar-refractivity contribution is -0.116. The molecule has 0 aliphatic rings. The minimum atomic E-state index is -1.55. The molecule has 1 unspecified atom stereocenters. The second-order valence-electron chi connectivity index (χ2n) is 8.22. The first kappa shape index (κ1) is 25.8. The van der Waals surface area contributed by atoms with Gasteiger partial charge in [-0.05, 0) is 55.5 Å². The van der Waals surface area contributed by atoms with Crippen LogP contribution < -0.4 is 14.9 Å². The molecule has 0 aliphatic heterocycles. The van der Waals surface area contributed by atoms with E-state index in [1.807, 2.05) is 42.5 Å². The Hall–Kier alpha value is -4.28. The predicted octanol–water partition coefficient (Wildman–Crippen LogP) is 5.60. The Kier molecular flexibility index (Phi) is 8.11. The van der Waals surface area contributed by atoms with E-state index < -0.39 is 11.4 Å². The van der Waals surface area contributed by atoms with Crippen molar-refractivity contribution in [1.29, 1.82) is 0 Å². The van der Waals surface area contributed by atoms with Gasteiger partial charge in [-0.15, -0.1) is 0 Å². The molecule has 190 valence electrons. The summed E-state index contributed by atoms with van der Waals surface area (Å²) in [7, 11) is 0. The van der Waals surface area contributed by atoms with E-state index in [1.54, 1.807) is 36.4 Å². The molecule has 0 saturated carbocycles. The van der Waals surface area contributed by atoms with Crippen LogP contribution in [-0.2, 0) is 16.2 Å². The molecule has 4 aromatic rings. The summed E-state index contributed by atoms with van der Waals surface area (Å²) in [5, 5.41) is 22.4. The molecule has 1 atom stereocenters. The smallest absolute Gasteiger partial charge is 0.223 e. The maximum absolute atomic E-state index is 12.9. The van der Waals surface area contributed by atoms with Gasteiger partial charge in [0, 0.05) is 31.3 Å². The number of hydrogen-bond acceptors (Lipinski definition) is 8. The van der Waals surface area contributed by atoms with Crippen LogP contribution in [0.1, 0.15) is 20.3 Å². The van der Waals surface area contributed by atoms with Crippen molar-refractivity contribution in [2.24, 2.45) is 0 Å². The Bertz CT molecular complexity index is 1410. The molecule has 4 rings (SSSR count). The Morgan fingerprint density at radius 1 is 0.892 bits per heavy atom. The minimum Gasteiger partial charge on any atom is -0.588 e. The fourth-order valence-corrected chi connectivity index (χ4v) is 4.42. The fourth-order valence-electron chi connectivity index (χ4n) is 3.58. The highest BCUT2D eigenvalue weighted by Gasteiger charge is 2.18. The van der Waals surface area contributed by atoms with Crippen LogP contribution in [0.2, 0.25) is 0 Å². The topological polar surface area (TPSA) is 134 Å². The summed E-state index contributed by atoms with van der Waals surface area (Å²) in [5.74, 6) is 0.202. The van der Waals surface area contributed by atoms with Gasteiger partial charge >= 0.3 is 0 Å². The van der Waals surface area contributed by atoms with Crippen molar-refractivity contribution in [2.75, 3.05) is 21.5 Å². The van der Waals surface area contributed by atoms with Crippen LogP contribution in [0.25, 0.3) is 11.0 Å². The molecule has 10 heteroatoms. The van der Waals surface area contributed by atoms with E-state index in [0.29, 0.717) is 38.9 Å². The molecule has 37 heavy (non-hydrogen) atoms. The number of rotatable bonds is 9. The van der Waals surface area contributed by atoms with Crippen molar-refractivity contribution in [1.82, 2.24) is 9.97 Å². The molecule has 1 amide bonds. The van der Waals surface area contributed by atoms with Crippen molar-refractivity contribution in [3.05, 3.63) is 90.4 Å². The van der Waals surface area contributed by atoms with Crippen LogP contribution in [0.15, 0.2) is 95.3 Å². The zero-order valence-corrected chi connectivity index (χ0v) is 21.2. The number of aromatic nitrogens is 2.